The quantitative estimate of drug-likeness (QED) is 0.803. The van der Waals surface area contributed by atoms with Gasteiger partial charge in [-0.25, -0.2) is 0 Å². The van der Waals surface area contributed by atoms with Crippen molar-refractivity contribution >= 4 is 23.2 Å². The monoisotopic (exact) mass is 259 g/mol. The van der Waals surface area contributed by atoms with E-state index < -0.39 is 0 Å². The molecule has 0 bridgehead atoms. The smallest absolute Gasteiger partial charge is 0.0595 e. The molecule has 16 heavy (non-hydrogen) atoms. The molecule has 1 N–H and O–H groups in total. The highest BCUT2D eigenvalue weighted by Gasteiger charge is 2.06. The molecule has 3 heteroatoms. The van der Waals surface area contributed by atoms with Gasteiger partial charge in [0.2, 0.25) is 0 Å². The lowest BCUT2D eigenvalue weighted by Gasteiger charge is -2.15. The molecule has 0 radical (unpaired) electrons. The Kier molecular flexibility index (Phi) is 6.18. The molecule has 0 aliphatic rings. The summed E-state index contributed by atoms with van der Waals surface area (Å²) < 4.78 is 0. The molecule has 1 unspecified atom stereocenters. The van der Waals surface area contributed by atoms with Gasteiger partial charge < -0.3 is 5.32 Å². The van der Waals surface area contributed by atoms with Crippen LogP contribution < -0.4 is 5.32 Å². The number of aryl methyl sites for hydroxylation is 1. The summed E-state index contributed by atoms with van der Waals surface area (Å²) in [6.07, 6.45) is 4.62. The first kappa shape index (κ1) is 13.8. The first-order valence-electron chi connectivity index (χ1n) is 5.78. The molecule has 1 rings (SSSR count). The minimum Gasteiger partial charge on any atom is -0.317 e. The lowest BCUT2D eigenvalue weighted by molar-refractivity contribution is 0.484. The summed E-state index contributed by atoms with van der Waals surface area (Å²) in [5, 5.41) is 4.62. The third kappa shape index (κ3) is 4.32. The number of hydrogen-bond acceptors (Lipinski definition) is 1. The fraction of sp³-hybridized carbons (Fsp3) is 0.538. The molecule has 0 saturated carbocycles. The van der Waals surface area contributed by atoms with Gasteiger partial charge in [-0.3, -0.25) is 0 Å². The second-order valence-electron chi connectivity index (χ2n) is 4.06. The molecule has 0 saturated heterocycles. The molecule has 0 heterocycles. The Balaban J connectivity index is 2.50. The Labute approximate surface area is 108 Å². The molecule has 1 aromatic rings. The maximum absolute atomic E-state index is 5.98. The van der Waals surface area contributed by atoms with Gasteiger partial charge >= 0.3 is 0 Å². The van der Waals surface area contributed by atoms with Crippen LogP contribution >= 0.6 is 23.2 Å². The summed E-state index contributed by atoms with van der Waals surface area (Å²) in [5.74, 6) is 0. The van der Waals surface area contributed by atoms with Crippen LogP contribution in [0.25, 0.3) is 0 Å². The summed E-state index contributed by atoms with van der Waals surface area (Å²) in [7, 11) is 2.02. The second-order valence-corrected chi connectivity index (χ2v) is 4.88. The van der Waals surface area contributed by atoms with Crippen LogP contribution in [0.2, 0.25) is 10.0 Å². The van der Waals surface area contributed by atoms with E-state index in [2.05, 4.69) is 12.2 Å². The highest BCUT2D eigenvalue weighted by atomic mass is 35.5. The number of nitrogens with one attached hydrogen (secondary N) is 1. The zero-order chi connectivity index (χ0) is 12.0. The Hall–Kier alpha value is -0.240. The Morgan fingerprint density at radius 1 is 1.19 bits per heavy atom. The van der Waals surface area contributed by atoms with Crippen molar-refractivity contribution in [3.05, 3.63) is 33.8 Å². The van der Waals surface area contributed by atoms with E-state index in [1.807, 2.05) is 25.2 Å². The third-order valence-electron chi connectivity index (χ3n) is 2.81. The van der Waals surface area contributed by atoms with Crippen molar-refractivity contribution in [1.29, 1.82) is 0 Å². The first-order valence-corrected chi connectivity index (χ1v) is 6.54. The van der Waals surface area contributed by atoms with Crippen LogP contribution in [-0.2, 0) is 6.42 Å². The fourth-order valence-corrected chi connectivity index (χ4v) is 2.14. The van der Waals surface area contributed by atoms with Crippen molar-refractivity contribution in [1.82, 2.24) is 5.32 Å². The molecule has 1 nitrogen and oxygen atoms in total. The summed E-state index contributed by atoms with van der Waals surface area (Å²) in [6.45, 7) is 2.21. The van der Waals surface area contributed by atoms with Crippen LogP contribution in [0, 0.1) is 0 Å². The van der Waals surface area contributed by atoms with Crippen LogP contribution in [0.1, 0.15) is 31.7 Å². The molecule has 1 atom stereocenters. The highest BCUT2D eigenvalue weighted by Crippen LogP contribution is 2.23. The standard InChI is InChI=1S/C13H19Cl2N/c1-3-4-11(16-2)7-5-10-6-8-12(14)13(15)9-10/h6,8-9,11,16H,3-5,7H2,1-2H3. The van der Waals surface area contributed by atoms with Crippen LogP contribution in [0.5, 0.6) is 0 Å². The van der Waals surface area contributed by atoms with Crippen molar-refractivity contribution in [2.24, 2.45) is 0 Å². The number of halogens is 2. The van der Waals surface area contributed by atoms with Crippen molar-refractivity contribution in [2.45, 2.75) is 38.6 Å². The van der Waals surface area contributed by atoms with E-state index in [9.17, 15) is 0 Å². The number of hydrogen-bond donors (Lipinski definition) is 1. The minimum absolute atomic E-state index is 0.597. The number of rotatable bonds is 6. The summed E-state index contributed by atoms with van der Waals surface area (Å²) in [4.78, 5) is 0. The zero-order valence-corrected chi connectivity index (χ0v) is 11.4. The maximum Gasteiger partial charge on any atom is 0.0595 e. The van der Waals surface area contributed by atoms with Crippen LogP contribution in [-0.4, -0.2) is 13.1 Å². The van der Waals surface area contributed by atoms with Crippen LogP contribution in [0.15, 0.2) is 18.2 Å². The van der Waals surface area contributed by atoms with Crippen molar-refractivity contribution in [3.63, 3.8) is 0 Å². The third-order valence-corrected chi connectivity index (χ3v) is 3.55. The van der Waals surface area contributed by atoms with Gasteiger partial charge in [0.25, 0.3) is 0 Å². The van der Waals surface area contributed by atoms with E-state index in [4.69, 9.17) is 23.2 Å². The van der Waals surface area contributed by atoms with Crippen molar-refractivity contribution in [3.8, 4) is 0 Å². The van der Waals surface area contributed by atoms with Crippen molar-refractivity contribution < 1.29 is 0 Å². The molecule has 0 aliphatic carbocycles. The summed E-state index contributed by atoms with van der Waals surface area (Å²) in [6, 6.07) is 6.47. The van der Waals surface area contributed by atoms with Crippen LogP contribution in [0.4, 0.5) is 0 Å². The Morgan fingerprint density at radius 3 is 2.50 bits per heavy atom. The predicted molar refractivity (Wildman–Crippen MR) is 72.5 cm³/mol. The molecular weight excluding hydrogens is 241 g/mol. The lowest BCUT2D eigenvalue weighted by atomic mass is 10.0. The molecule has 0 fully saturated rings. The van der Waals surface area contributed by atoms with Gasteiger partial charge in [-0.05, 0) is 44.0 Å². The Bertz CT molecular complexity index is 326. The maximum atomic E-state index is 5.98. The molecule has 1 aromatic carbocycles. The largest absolute Gasteiger partial charge is 0.317 e. The minimum atomic E-state index is 0.597. The van der Waals surface area contributed by atoms with Crippen molar-refractivity contribution in [2.75, 3.05) is 7.05 Å². The van der Waals surface area contributed by atoms with E-state index in [-0.39, 0.29) is 0 Å². The Morgan fingerprint density at radius 2 is 1.94 bits per heavy atom. The topological polar surface area (TPSA) is 12.0 Å². The van der Waals surface area contributed by atoms with E-state index in [1.54, 1.807) is 0 Å². The summed E-state index contributed by atoms with van der Waals surface area (Å²) in [5.41, 5.74) is 1.26. The normalized spacial score (nSPS) is 12.8. The van der Waals surface area contributed by atoms with Gasteiger partial charge in [-0.2, -0.15) is 0 Å². The molecule has 0 amide bonds. The average molecular weight is 260 g/mol. The SMILES string of the molecule is CCCC(CCc1ccc(Cl)c(Cl)c1)NC. The van der Waals surface area contributed by atoms with Gasteiger partial charge in [-0.15, -0.1) is 0 Å². The van der Waals surface area contributed by atoms with E-state index in [0.717, 1.165) is 12.8 Å². The molecular formula is C13H19Cl2N. The van der Waals surface area contributed by atoms with Gasteiger partial charge in [0, 0.05) is 6.04 Å². The second kappa shape index (κ2) is 7.16. The van der Waals surface area contributed by atoms with Gasteiger partial charge in [-0.1, -0.05) is 42.6 Å². The van der Waals surface area contributed by atoms with Gasteiger partial charge in [0.1, 0.15) is 0 Å². The highest BCUT2D eigenvalue weighted by molar-refractivity contribution is 6.42. The zero-order valence-electron chi connectivity index (χ0n) is 9.89. The van der Waals surface area contributed by atoms with Gasteiger partial charge in [0.05, 0.1) is 10.0 Å². The molecule has 90 valence electrons. The lowest BCUT2D eigenvalue weighted by Crippen LogP contribution is -2.25. The predicted octanol–water partition coefficient (Wildman–Crippen LogP) is 4.31. The van der Waals surface area contributed by atoms with E-state index in [0.29, 0.717) is 16.1 Å². The fourth-order valence-electron chi connectivity index (χ4n) is 1.82. The van der Waals surface area contributed by atoms with E-state index >= 15 is 0 Å². The number of benzene rings is 1. The molecule has 0 spiro atoms. The molecule has 0 aromatic heterocycles. The summed E-state index contributed by atoms with van der Waals surface area (Å²) >= 11 is 11.9. The van der Waals surface area contributed by atoms with Crippen LogP contribution in [0.3, 0.4) is 0 Å². The first-order chi connectivity index (χ1) is 7.67. The molecule has 0 aliphatic heterocycles. The van der Waals surface area contributed by atoms with E-state index in [1.165, 1.54) is 18.4 Å². The average Bonchev–Trinajstić information content (AvgIpc) is 2.28. The van der Waals surface area contributed by atoms with Gasteiger partial charge in [0.15, 0.2) is 0 Å².